The number of aromatic hydroxyl groups is 1. The van der Waals surface area contributed by atoms with Crippen LogP contribution in [-0.4, -0.2) is 13.5 Å². The average Bonchev–Trinajstić information content (AvgIpc) is 2.34. The maximum absolute atomic E-state index is 12.2. The highest BCUT2D eigenvalue weighted by atomic mass is 79.9. The minimum atomic E-state index is -3.72. The largest absolute Gasteiger partial charge is 0.506 e. The first kappa shape index (κ1) is 13.9. The maximum Gasteiger partial charge on any atom is 0.262 e. The van der Waals surface area contributed by atoms with E-state index < -0.39 is 10.0 Å². The van der Waals surface area contributed by atoms with Crippen molar-refractivity contribution in [1.29, 1.82) is 0 Å². The molecule has 2 N–H and O–H groups in total. The van der Waals surface area contributed by atoms with Gasteiger partial charge in [-0.1, -0.05) is 34.1 Å². The van der Waals surface area contributed by atoms with Crippen molar-refractivity contribution in [2.45, 2.75) is 11.8 Å². The van der Waals surface area contributed by atoms with Gasteiger partial charge in [0.05, 0.1) is 10.6 Å². The highest BCUT2D eigenvalue weighted by Crippen LogP contribution is 2.29. The summed E-state index contributed by atoms with van der Waals surface area (Å²) in [5.41, 5.74) is 0.848. The minimum Gasteiger partial charge on any atom is -0.506 e. The zero-order valence-corrected chi connectivity index (χ0v) is 12.5. The smallest absolute Gasteiger partial charge is 0.262 e. The van der Waals surface area contributed by atoms with E-state index in [0.29, 0.717) is 10.0 Å². The summed E-state index contributed by atoms with van der Waals surface area (Å²) in [4.78, 5) is 0.129. The summed E-state index contributed by atoms with van der Waals surface area (Å²) in [6.45, 7) is 1.72. The van der Waals surface area contributed by atoms with E-state index in [1.165, 1.54) is 18.2 Å². The lowest BCUT2D eigenvalue weighted by molar-refractivity contribution is 0.477. The maximum atomic E-state index is 12.2. The molecule has 0 heterocycles. The van der Waals surface area contributed by atoms with Crippen LogP contribution in [0, 0.1) is 6.92 Å². The predicted molar refractivity (Wildman–Crippen MR) is 77.8 cm³/mol. The predicted octanol–water partition coefficient (Wildman–Crippen LogP) is 3.26. The summed E-state index contributed by atoms with van der Waals surface area (Å²) in [6.07, 6.45) is 0. The number of anilines is 1. The fourth-order valence-corrected chi connectivity index (χ4v) is 3.36. The first-order valence-electron chi connectivity index (χ1n) is 5.47. The standard InChI is InChI=1S/C13H12BrNO3S/c1-9-4-2-7-12(16)13(9)15-19(17,18)11-6-3-5-10(14)8-11/h2-8,15-16H,1H3. The summed E-state index contributed by atoms with van der Waals surface area (Å²) in [7, 11) is -3.72. The number of halogens is 1. The number of phenols is 1. The van der Waals surface area contributed by atoms with E-state index >= 15 is 0 Å². The first-order chi connectivity index (χ1) is 8.90. The summed E-state index contributed by atoms with van der Waals surface area (Å²) < 4.78 is 27.5. The van der Waals surface area contributed by atoms with Gasteiger partial charge in [0, 0.05) is 4.47 Å². The van der Waals surface area contributed by atoms with Crippen LogP contribution < -0.4 is 4.72 Å². The third-order valence-electron chi connectivity index (χ3n) is 2.59. The molecule has 0 aliphatic carbocycles. The van der Waals surface area contributed by atoms with Crippen LogP contribution in [0.4, 0.5) is 5.69 Å². The number of benzene rings is 2. The molecule has 0 unspecified atom stereocenters. The van der Waals surface area contributed by atoms with E-state index in [1.807, 2.05) is 0 Å². The fraction of sp³-hybridized carbons (Fsp3) is 0.0769. The number of nitrogens with one attached hydrogen (secondary N) is 1. The Balaban J connectivity index is 2.42. The van der Waals surface area contributed by atoms with Crippen molar-refractivity contribution in [3.63, 3.8) is 0 Å². The van der Waals surface area contributed by atoms with Gasteiger partial charge in [0.1, 0.15) is 5.75 Å². The van der Waals surface area contributed by atoms with E-state index in [2.05, 4.69) is 20.7 Å². The number of hydrogen-bond donors (Lipinski definition) is 2. The number of sulfonamides is 1. The molecule has 0 radical (unpaired) electrons. The van der Waals surface area contributed by atoms with Crippen LogP contribution in [0.5, 0.6) is 5.75 Å². The monoisotopic (exact) mass is 341 g/mol. The number of aryl methyl sites for hydroxylation is 1. The zero-order chi connectivity index (χ0) is 14.0. The molecule has 19 heavy (non-hydrogen) atoms. The van der Waals surface area contributed by atoms with Crippen molar-refractivity contribution in [2.75, 3.05) is 4.72 Å². The van der Waals surface area contributed by atoms with Crippen LogP contribution in [-0.2, 0) is 10.0 Å². The van der Waals surface area contributed by atoms with Gasteiger partial charge in [-0.2, -0.15) is 0 Å². The van der Waals surface area contributed by atoms with Gasteiger partial charge in [0.25, 0.3) is 10.0 Å². The molecule has 2 aromatic carbocycles. The Kier molecular flexibility index (Phi) is 3.82. The van der Waals surface area contributed by atoms with Crippen LogP contribution in [0.15, 0.2) is 51.8 Å². The summed E-state index contributed by atoms with van der Waals surface area (Å²) in [5, 5.41) is 9.72. The van der Waals surface area contributed by atoms with Gasteiger partial charge < -0.3 is 5.11 Å². The van der Waals surface area contributed by atoms with Crippen molar-refractivity contribution < 1.29 is 13.5 Å². The fourth-order valence-electron chi connectivity index (χ4n) is 1.61. The second-order valence-corrected chi connectivity index (χ2v) is 6.63. The topological polar surface area (TPSA) is 66.4 Å². The van der Waals surface area contributed by atoms with Gasteiger partial charge in [0.2, 0.25) is 0 Å². The van der Waals surface area contributed by atoms with Gasteiger partial charge >= 0.3 is 0 Å². The van der Waals surface area contributed by atoms with Crippen molar-refractivity contribution in [3.05, 3.63) is 52.5 Å². The van der Waals surface area contributed by atoms with Gasteiger partial charge in [-0.05, 0) is 36.8 Å². The van der Waals surface area contributed by atoms with Crippen molar-refractivity contribution in [2.24, 2.45) is 0 Å². The minimum absolute atomic E-state index is 0.0985. The van der Waals surface area contributed by atoms with Gasteiger partial charge in [-0.25, -0.2) is 8.42 Å². The summed E-state index contributed by atoms with van der Waals surface area (Å²) in [6, 6.07) is 11.2. The quantitative estimate of drug-likeness (QED) is 0.842. The molecule has 0 bridgehead atoms. The molecule has 6 heteroatoms. The average molecular weight is 342 g/mol. The molecule has 4 nitrogen and oxygen atoms in total. The van der Waals surface area contributed by atoms with Crippen molar-refractivity contribution >= 4 is 31.6 Å². The lowest BCUT2D eigenvalue weighted by Crippen LogP contribution is -2.13. The third kappa shape index (κ3) is 3.08. The molecule has 100 valence electrons. The van der Waals surface area contributed by atoms with Crippen LogP contribution in [0.25, 0.3) is 0 Å². The van der Waals surface area contributed by atoms with Crippen LogP contribution in [0.3, 0.4) is 0 Å². The van der Waals surface area contributed by atoms with Crippen molar-refractivity contribution in [1.82, 2.24) is 0 Å². The molecule has 0 aromatic heterocycles. The second-order valence-electron chi connectivity index (χ2n) is 4.03. The lowest BCUT2D eigenvalue weighted by atomic mass is 10.2. The Bertz CT molecular complexity index is 693. The number of phenolic OH excluding ortho intramolecular Hbond substituents is 1. The molecule has 0 saturated heterocycles. The molecule has 0 aliphatic heterocycles. The first-order valence-corrected chi connectivity index (χ1v) is 7.75. The second kappa shape index (κ2) is 5.22. The van der Waals surface area contributed by atoms with E-state index in [4.69, 9.17) is 0 Å². The molecule has 0 aliphatic rings. The van der Waals surface area contributed by atoms with Crippen molar-refractivity contribution in [3.8, 4) is 5.75 Å². The van der Waals surface area contributed by atoms with E-state index in [0.717, 1.165) is 0 Å². The molecule has 0 amide bonds. The highest BCUT2D eigenvalue weighted by molar-refractivity contribution is 9.10. The summed E-state index contributed by atoms with van der Waals surface area (Å²) in [5.74, 6) is -0.0985. The Morgan fingerprint density at radius 3 is 2.47 bits per heavy atom. The Morgan fingerprint density at radius 1 is 1.16 bits per heavy atom. The van der Waals surface area contributed by atoms with Crippen LogP contribution in [0.2, 0.25) is 0 Å². The molecule has 0 saturated carbocycles. The molecule has 2 aromatic rings. The van der Waals surface area contributed by atoms with Gasteiger partial charge in [-0.15, -0.1) is 0 Å². The Labute approximate surface area is 120 Å². The van der Waals surface area contributed by atoms with Crippen LogP contribution in [0.1, 0.15) is 5.56 Å². The summed E-state index contributed by atoms with van der Waals surface area (Å²) >= 11 is 3.23. The SMILES string of the molecule is Cc1cccc(O)c1NS(=O)(=O)c1cccc(Br)c1. The van der Waals surface area contributed by atoms with Gasteiger partial charge in [0.15, 0.2) is 0 Å². The molecule has 0 spiro atoms. The molecule has 0 fully saturated rings. The number of para-hydroxylation sites is 1. The van der Waals surface area contributed by atoms with E-state index in [1.54, 1.807) is 31.2 Å². The van der Waals surface area contributed by atoms with Crippen LogP contribution >= 0.6 is 15.9 Å². The number of hydrogen-bond acceptors (Lipinski definition) is 3. The van der Waals surface area contributed by atoms with E-state index in [9.17, 15) is 13.5 Å². The van der Waals surface area contributed by atoms with Gasteiger partial charge in [-0.3, -0.25) is 4.72 Å². The Morgan fingerprint density at radius 2 is 1.84 bits per heavy atom. The molecular weight excluding hydrogens is 330 g/mol. The molecular formula is C13H12BrNO3S. The normalized spacial score (nSPS) is 11.3. The number of rotatable bonds is 3. The zero-order valence-electron chi connectivity index (χ0n) is 10.1. The highest BCUT2D eigenvalue weighted by Gasteiger charge is 2.17. The molecule has 0 atom stereocenters. The Hall–Kier alpha value is -1.53. The van der Waals surface area contributed by atoms with E-state index in [-0.39, 0.29) is 16.3 Å². The third-order valence-corrected chi connectivity index (χ3v) is 4.43. The molecule has 2 rings (SSSR count). The lowest BCUT2D eigenvalue weighted by Gasteiger charge is -2.12.